The van der Waals surface area contributed by atoms with Gasteiger partial charge in [-0.3, -0.25) is 4.98 Å². The van der Waals surface area contributed by atoms with Crippen LogP contribution in [0.3, 0.4) is 0 Å². The minimum Gasteiger partial charge on any atom is -0.462 e. The summed E-state index contributed by atoms with van der Waals surface area (Å²) in [7, 11) is 0. The second-order valence-corrected chi connectivity index (χ2v) is 4.76. The highest BCUT2D eigenvalue weighted by atomic mass is 35.5. The Hall–Kier alpha value is -1.39. The third kappa shape index (κ3) is 3.28. The van der Waals surface area contributed by atoms with Crippen LogP contribution in [0.4, 0.5) is 0 Å². The molecule has 2 aromatic heterocycles. The van der Waals surface area contributed by atoms with Crippen LogP contribution in [0.5, 0.6) is 0 Å². The van der Waals surface area contributed by atoms with Gasteiger partial charge in [0.05, 0.1) is 17.2 Å². The first kappa shape index (κ1) is 12.1. The molecular weight excluding hydrogens is 258 g/mol. The summed E-state index contributed by atoms with van der Waals surface area (Å²) in [6.07, 6.45) is 3.67. The highest BCUT2D eigenvalue weighted by molar-refractivity contribution is 7.09. The van der Waals surface area contributed by atoms with Gasteiger partial charge in [0.15, 0.2) is 0 Å². The third-order valence-corrected chi connectivity index (χ3v) is 3.42. The lowest BCUT2D eigenvalue weighted by Crippen LogP contribution is -2.08. The molecule has 88 valence electrons. The summed E-state index contributed by atoms with van der Waals surface area (Å²) >= 11 is 7.50. The van der Waals surface area contributed by atoms with E-state index in [0.717, 1.165) is 6.42 Å². The van der Waals surface area contributed by atoms with Crippen molar-refractivity contribution in [1.82, 2.24) is 4.98 Å². The molecule has 2 rings (SSSR count). The van der Waals surface area contributed by atoms with Crippen LogP contribution in [0, 0.1) is 0 Å². The standard InChI is InChI=1S/C12H10ClNO2S/c13-11-3-5-14-8-10(11)12(15)16-6-4-9-2-1-7-17-9/h1-3,5,7-8H,4,6H2. The summed E-state index contributed by atoms with van der Waals surface area (Å²) in [6.45, 7) is 0.352. The summed E-state index contributed by atoms with van der Waals surface area (Å²) in [5, 5.41) is 2.36. The van der Waals surface area contributed by atoms with Crippen LogP contribution in [0.25, 0.3) is 0 Å². The summed E-state index contributed by atoms with van der Waals surface area (Å²) in [5.74, 6) is -0.431. The van der Waals surface area contributed by atoms with Gasteiger partial charge in [0.2, 0.25) is 0 Å². The van der Waals surface area contributed by atoms with Gasteiger partial charge >= 0.3 is 5.97 Å². The molecule has 0 amide bonds. The normalized spacial score (nSPS) is 10.2. The number of aromatic nitrogens is 1. The third-order valence-electron chi connectivity index (χ3n) is 2.15. The molecule has 0 atom stereocenters. The molecule has 0 aliphatic carbocycles. The molecule has 0 radical (unpaired) electrons. The molecule has 0 saturated heterocycles. The van der Waals surface area contributed by atoms with Crippen molar-refractivity contribution in [2.24, 2.45) is 0 Å². The molecule has 0 unspecified atom stereocenters. The Labute approximate surface area is 108 Å². The highest BCUT2D eigenvalue weighted by Crippen LogP contribution is 2.15. The molecule has 0 saturated carbocycles. The minimum atomic E-state index is -0.431. The quantitative estimate of drug-likeness (QED) is 0.799. The average Bonchev–Trinajstić information content (AvgIpc) is 2.82. The number of rotatable bonds is 4. The molecule has 0 spiro atoms. The molecular formula is C12H10ClNO2S. The minimum absolute atomic E-state index is 0.306. The number of esters is 1. The highest BCUT2D eigenvalue weighted by Gasteiger charge is 2.11. The predicted octanol–water partition coefficient (Wildman–Crippen LogP) is 3.20. The van der Waals surface area contributed by atoms with Gasteiger partial charge < -0.3 is 4.74 Å². The van der Waals surface area contributed by atoms with Crippen LogP contribution >= 0.6 is 22.9 Å². The number of carbonyl (C=O) groups excluding carboxylic acids is 1. The molecule has 3 nitrogen and oxygen atoms in total. The molecule has 0 bridgehead atoms. The predicted molar refractivity (Wildman–Crippen MR) is 67.6 cm³/mol. The van der Waals surface area contributed by atoms with Gasteiger partial charge in [0.1, 0.15) is 0 Å². The lowest BCUT2D eigenvalue weighted by atomic mass is 10.3. The first-order chi connectivity index (χ1) is 8.27. The lowest BCUT2D eigenvalue weighted by molar-refractivity contribution is 0.0509. The van der Waals surface area contributed by atoms with Crippen LogP contribution in [-0.4, -0.2) is 17.6 Å². The fourth-order valence-corrected chi connectivity index (χ4v) is 2.18. The summed E-state index contributed by atoms with van der Waals surface area (Å²) in [6, 6.07) is 5.55. The van der Waals surface area contributed by atoms with Gasteiger partial charge in [0.25, 0.3) is 0 Å². The molecule has 0 N–H and O–H groups in total. The number of nitrogens with zero attached hydrogens (tertiary/aromatic N) is 1. The van der Waals surface area contributed by atoms with Crippen molar-refractivity contribution in [3.05, 3.63) is 51.4 Å². The van der Waals surface area contributed by atoms with E-state index in [1.807, 2.05) is 17.5 Å². The van der Waals surface area contributed by atoms with E-state index in [1.165, 1.54) is 17.3 Å². The smallest absolute Gasteiger partial charge is 0.341 e. The molecule has 0 aliphatic rings. The second-order valence-electron chi connectivity index (χ2n) is 3.32. The van der Waals surface area contributed by atoms with E-state index in [9.17, 15) is 4.79 Å². The van der Waals surface area contributed by atoms with Gasteiger partial charge in [0, 0.05) is 23.7 Å². The SMILES string of the molecule is O=C(OCCc1cccs1)c1cnccc1Cl. The van der Waals surface area contributed by atoms with Crippen LogP contribution < -0.4 is 0 Å². The Morgan fingerprint density at radius 1 is 1.47 bits per heavy atom. The van der Waals surface area contributed by atoms with E-state index < -0.39 is 5.97 Å². The number of hydrogen-bond acceptors (Lipinski definition) is 4. The Morgan fingerprint density at radius 2 is 2.35 bits per heavy atom. The Kier molecular flexibility index (Phi) is 4.12. The number of thiophene rings is 1. The van der Waals surface area contributed by atoms with E-state index >= 15 is 0 Å². The molecule has 0 fully saturated rings. The van der Waals surface area contributed by atoms with Crippen molar-refractivity contribution in [3.8, 4) is 0 Å². The van der Waals surface area contributed by atoms with Gasteiger partial charge in [-0.15, -0.1) is 11.3 Å². The van der Waals surface area contributed by atoms with Crippen molar-refractivity contribution in [1.29, 1.82) is 0 Å². The maximum absolute atomic E-state index is 11.7. The van der Waals surface area contributed by atoms with E-state index in [2.05, 4.69) is 4.98 Å². The number of pyridine rings is 1. The summed E-state index contributed by atoms with van der Waals surface area (Å²) < 4.78 is 5.13. The zero-order chi connectivity index (χ0) is 12.1. The molecule has 5 heteroatoms. The Morgan fingerprint density at radius 3 is 3.06 bits per heavy atom. The number of halogens is 1. The monoisotopic (exact) mass is 267 g/mol. The zero-order valence-corrected chi connectivity index (χ0v) is 10.5. The van der Waals surface area contributed by atoms with Crippen molar-refractivity contribution in [2.75, 3.05) is 6.61 Å². The Bertz CT molecular complexity index is 499. The molecule has 2 aromatic rings. The number of hydrogen-bond donors (Lipinski definition) is 0. The van der Waals surface area contributed by atoms with Gasteiger partial charge in [-0.1, -0.05) is 17.7 Å². The largest absolute Gasteiger partial charge is 0.462 e. The average molecular weight is 268 g/mol. The van der Waals surface area contributed by atoms with E-state index in [0.29, 0.717) is 17.2 Å². The van der Waals surface area contributed by atoms with Crippen LogP contribution in [0.15, 0.2) is 36.0 Å². The second kappa shape index (κ2) is 5.80. The van der Waals surface area contributed by atoms with Crippen molar-refractivity contribution in [2.45, 2.75) is 6.42 Å². The van der Waals surface area contributed by atoms with Crippen LogP contribution in [0.2, 0.25) is 5.02 Å². The zero-order valence-electron chi connectivity index (χ0n) is 8.93. The van der Waals surface area contributed by atoms with Crippen molar-refractivity contribution < 1.29 is 9.53 Å². The Balaban J connectivity index is 1.88. The fourth-order valence-electron chi connectivity index (χ4n) is 1.30. The topological polar surface area (TPSA) is 39.2 Å². The van der Waals surface area contributed by atoms with E-state index in [1.54, 1.807) is 17.4 Å². The van der Waals surface area contributed by atoms with Crippen LogP contribution in [-0.2, 0) is 11.2 Å². The van der Waals surface area contributed by atoms with Crippen molar-refractivity contribution in [3.63, 3.8) is 0 Å². The van der Waals surface area contributed by atoms with E-state index in [-0.39, 0.29) is 0 Å². The van der Waals surface area contributed by atoms with Gasteiger partial charge in [-0.2, -0.15) is 0 Å². The number of ether oxygens (including phenoxy) is 1. The lowest BCUT2D eigenvalue weighted by Gasteiger charge is -2.04. The molecule has 0 aromatic carbocycles. The first-order valence-electron chi connectivity index (χ1n) is 5.06. The first-order valence-corrected chi connectivity index (χ1v) is 6.32. The maximum atomic E-state index is 11.7. The van der Waals surface area contributed by atoms with Gasteiger partial charge in [-0.05, 0) is 17.5 Å². The maximum Gasteiger partial charge on any atom is 0.341 e. The molecule has 17 heavy (non-hydrogen) atoms. The number of carbonyl (C=O) groups is 1. The van der Waals surface area contributed by atoms with Gasteiger partial charge in [-0.25, -0.2) is 4.79 Å². The molecule has 2 heterocycles. The van der Waals surface area contributed by atoms with Crippen LogP contribution in [0.1, 0.15) is 15.2 Å². The van der Waals surface area contributed by atoms with Crippen molar-refractivity contribution >= 4 is 28.9 Å². The van der Waals surface area contributed by atoms with E-state index in [4.69, 9.17) is 16.3 Å². The summed E-state index contributed by atoms with van der Waals surface area (Å²) in [4.78, 5) is 16.7. The molecule has 0 aliphatic heterocycles. The summed E-state index contributed by atoms with van der Waals surface area (Å²) in [5.41, 5.74) is 0.306. The fraction of sp³-hybridized carbons (Fsp3) is 0.167.